The van der Waals surface area contributed by atoms with Gasteiger partial charge in [-0.25, -0.2) is 9.97 Å². The Morgan fingerprint density at radius 3 is 2.60 bits per heavy atom. The van der Waals surface area contributed by atoms with E-state index in [2.05, 4.69) is 35.7 Å². The second-order valence-corrected chi connectivity index (χ2v) is 4.84. The van der Waals surface area contributed by atoms with Crippen LogP contribution in [0.3, 0.4) is 0 Å². The van der Waals surface area contributed by atoms with Crippen molar-refractivity contribution < 1.29 is 0 Å². The highest BCUT2D eigenvalue weighted by Gasteiger charge is 2.19. The van der Waals surface area contributed by atoms with Crippen molar-refractivity contribution in [2.24, 2.45) is 0 Å². The molecule has 2 aromatic rings. The summed E-state index contributed by atoms with van der Waals surface area (Å²) in [4.78, 5) is 12.8. The van der Waals surface area contributed by atoms with Crippen molar-refractivity contribution in [3.05, 3.63) is 29.4 Å². The van der Waals surface area contributed by atoms with Crippen LogP contribution in [0.25, 0.3) is 10.9 Å². The first-order valence-electron chi connectivity index (χ1n) is 4.76. The molecule has 0 N–H and O–H groups in total. The summed E-state index contributed by atoms with van der Waals surface area (Å²) in [5.74, 6) is 0.744. The van der Waals surface area contributed by atoms with Gasteiger partial charge in [-0.05, 0) is 6.07 Å². The van der Waals surface area contributed by atoms with E-state index in [1.807, 2.05) is 6.07 Å². The third-order valence-electron chi connectivity index (χ3n) is 2.12. The number of aromatic nitrogens is 3. The van der Waals surface area contributed by atoms with Gasteiger partial charge in [0.15, 0.2) is 0 Å². The van der Waals surface area contributed by atoms with Crippen LogP contribution < -0.4 is 0 Å². The first-order valence-corrected chi connectivity index (χ1v) is 5.14. The van der Waals surface area contributed by atoms with E-state index < -0.39 is 0 Å². The number of nitrogens with zero attached hydrogens (tertiary/aromatic N) is 3. The Hall–Kier alpha value is -1.22. The second kappa shape index (κ2) is 3.42. The molecule has 2 aromatic heterocycles. The summed E-state index contributed by atoms with van der Waals surface area (Å²) >= 11 is 6.09. The van der Waals surface area contributed by atoms with Crippen molar-refractivity contribution in [2.45, 2.75) is 26.2 Å². The number of hydrogen-bond acceptors (Lipinski definition) is 3. The number of hydrogen-bond donors (Lipinski definition) is 0. The number of pyridine rings is 1. The molecule has 0 aliphatic carbocycles. The molecule has 3 nitrogen and oxygen atoms in total. The van der Waals surface area contributed by atoms with Crippen LogP contribution in [-0.2, 0) is 5.41 Å². The van der Waals surface area contributed by atoms with E-state index in [0.29, 0.717) is 5.15 Å². The van der Waals surface area contributed by atoms with Crippen LogP contribution in [0, 0.1) is 0 Å². The molecule has 0 aliphatic rings. The van der Waals surface area contributed by atoms with Crippen molar-refractivity contribution in [2.75, 3.05) is 0 Å². The van der Waals surface area contributed by atoms with E-state index in [1.165, 1.54) is 0 Å². The molecule has 0 amide bonds. The Labute approximate surface area is 93.5 Å². The molecule has 15 heavy (non-hydrogen) atoms. The zero-order chi connectivity index (χ0) is 11.1. The molecule has 0 atom stereocenters. The van der Waals surface area contributed by atoms with Gasteiger partial charge in [-0.3, -0.25) is 4.98 Å². The average molecular weight is 222 g/mol. The van der Waals surface area contributed by atoms with Gasteiger partial charge in [0, 0.05) is 17.0 Å². The number of rotatable bonds is 0. The lowest BCUT2D eigenvalue weighted by Gasteiger charge is -2.16. The van der Waals surface area contributed by atoms with Crippen LogP contribution in [0.1, 0.15) is 26.6 Å². The molecule has 2 heterocycles. The van der Waals surface area contributed by atoms with Crippen molar-refractivity contribution >= 4 is 22.5 Å². The van der Waals surface area contributed by atoms with E-state index in [-0.39, 0.29) is 5.41 Å². The van der Waals surface area contributed by atoms with Crippen LogP contribution in [0.4, 0.5) is 0 Å². The highest BCUT2D eigenvalue weighted by molar-refractivity contribution is 6.34. The fourth-order valence-corrected chi connectivity index (χ4v) is 1.52. The van der Waals surface area contributed by atoms with Crippen molar-refractivity contribution in [3.8, 4) is 0 Å². The quantitative estimate of drug-likeness (QED) is 0.642. The fourth-order valence-electron chi connectivity index (χ4n) is 1.28. The standard InChI is InChI=1S/C11H12ClN3/c1-11(2,3)10-14-8-6-13-5-4-7(8)9(12)15-10/h4-6H,1-3H3. The summed E-state index contributed by atoms with van der Waals surface area (Å²) in [5, 5.41) is 1.34. The zero-order valence-electron chi connectivity index (χ0n) is 8.95. The lowest BCUT2D eigenvalue weighted by Crippen LogP contribution is -2.16. The minimum absolute atomic E-state index is 0.104. The van der Waals surface area contributed by atoms with E-state index in [0.717, 1.165) is 16.7 Å². The van der Waals surface area contributed by atoms with Gasteiger partial charge in [-0.2, -0.15) is 0 Å². The molecule has 0 saturated carbocycles. The van der Waals surface area contributed by atoms with Crippen LogP contribution in [-0.4, -0.2) is 15.0 Å². The Bertz CT molecular complexity index is 503. The van der Waals surface area contributed by atoms with Crippen molar-refractivity contribution in [1.29, 1.82) is 0 Å². The summed E-state index contributed by atoms with van der Waals surface area (Å²) in [6.07, 6.45) is 3.40. The van der Waals surface area contributed by atoms with Gasteiger partial charge in [0.05, 0.1) is 11.7 Å². The molecule has 0 unspecified atom stereocenters. The van der Waals surface area contributed by atoms with Crippen LogP contribution in [0.5, 0.6) is 0 Å². The van der Waals surface area contributed by atoms with Crippen molar-refractivity contribution in [1.82, 2.24) is 15.0 Å². The third kappa shape index (κ3) is 1.92. The second-order valence-electron chi connectivity index (χ2n) is 4.48. The molecule has 0 aromatic carbocycles. The Morgan fingerprint density at radius 2 is 1.93 bits per heavy atom. The number of halogens is 1. The molecule has 0 saturated heterocycles. The van der Waals surface area contributed by atoms with Gasteiger partial charge in [0.1, 0.15) is 11.0 Å². The van der Waals surface area contributed by atoms with E-state index >= 15 is 0 Å². The summed E-state index contributed by atoms with van der Waals surface area (Å²) < 4.78 is 0. The normalized spacial score (nSPS) is 12.0. The Balaban J connectivity index is 2.73. The summed E-state index contributed by atoms with van der Waals surface area (Å²) in [6.45, 7) is 6.17. The largest absolute Gasteiger partial charge is 0.262 e. The average Bonchev–Trinajstić information content (AvgIpc) is 2.16. The van der Waals surface area contributed by atoms with Gasteiger partial charge in [0.25, 0.3) is 0 Å². The lowest BCUT2D eigenvalue weighted by atomic mass is 9.95. The Morgan fingerprint density at radius 1 is 1.20 bits per heavy atom. The summed E-state index contributed by atoms with van der Waals surface area (Å²) in [7, 11) is 0. The fraction of sp³-hybridized carbons (Fsp3) is 0.364. The molecular weight excluding hydrogens is 210 g/mol. The SMILES string of the molecule is CC(C)(C)c1nc(Cl)c2ccncc2n1. The van der Waals surface area contributed by atoms with Gasteiger partial charge in [-0.1, -0.05) is 32.4 Å². The highest BCUT2D eigenvalue weighted by atomic mass is 35.5. The maximum atomic E-state index is 6.09. The topological polar surface area (TPSA) is 38.7 Å². The molecule has 0 bridgehead atoms. The molecule has 0 radical (unpaired) electrons. The molecule has 0 aliphatic heterocycles. The summed E-state index contributed by atoms with van der Waals surface area (Å²) in [5.41, 5.74) is 0.690. The minimum atomic E-state index is -0.104. The maximum absolute atomic E-state index is 6.09. The van der Waals surface area contributed by atoms with E-state index in [4.69, 9.17) is 11.6 Å². The van der Waals surface area contributed by atoms with Gasteiger partial charge >= 0.3 is 0 Å². The van der Waals surface area contributed by atoms with Crippen LogP contribution in [0.2, 0.25) is 5.15 Å². The zero-order valence-corrected chi connectivity index (χ0v) is 9.71. The highest BCUT2D eigenvalue weighted by Crippen LogP contribution is 2.24. The molecule has 0 fully saturated rings. The predicted octanol–water partition coefficient (Wildman–Crippen LogP) is 2.98. The molecular formula is C11H12ClN3. The maximum Gasteiger partial charge on any atom is 0.140 e. The Kier molecular flexibility index (Phi) is 2.35. The molecule has 0 spiro atoms. The minimum Gasteiger partial charge on any atom is -0.262 e. The number of fused-ring (bicyclic) bond motifs is 1. The third-order valence-corrected chi connectivity index (χ3v) is 2.41. The molecule has 2 rings (SSSR count). The smallest absolute Gasteiger partial charge is 0.140 e. The lowest BCUT2D eigenvalue weighted by molar-refractivity contribution is 0.548. The first kappa shape index (κ1) is 10.3. The predicted molar refractivity (Wildman–Crippen MR) is 61.0 cm³/mol. The van der Waals surface area contributed by atoms with Crippen LogP contribution in [0.15, 0.2) is 18.5 Å². The molecule has 4 heteroatoms. The van der Waals surface area contributed by atoms with Gasteiger partial charge < -0.3 is 0 Å². The van der Waals surface area contributed by atoms with Gasteiger partial charge in [0.2, 0.25) is 0 Å². The van der Waals surface area contributed by atoms with Crippen LogP contribution >= 0.6 is 11.6 Å². The van der Waals surface area contributed by atoms with Gasteiger partial charge in [-0.15, -0.1) is 0 Å². The first-order chi connectivity index (χ1) is 6.98. The monoisotopic (exact) mass is 221 g/mol. The molecule has 78 valence electrons. The summed E-state index contributed by atoms with van der Waals surface area (Å²) in [6, 6.07) is 1.82. The van der Waals surface area contributed by atoms with E-state index in [9.17, 15) is 0 Å². The van der Waals surface area contributed by atoms with Crippen molar-refractivity contribution in [3.63, 3.8) is 0 Å². The van der Waals surface area contributed by atoms with E-state index in [1.54, 1.807) is 12.4 Å².